The van der Waals surface area contributed by atoms with E-state index >= 15 is 0 Å². The van der Waals surface area contributed by atoms with E-state index in [0.717, 1.165) is 5.33 Å². The number of nitrogens with zero attached hydrogens (tertiary/aromatic N) is 1. The molecule has 104 valence electrons. The summed E-state index contributed by atoms with van der Waals surface area (Å²) in [5, 5.41) is 1.16. The summed E-state index contributed by atoms with van der Waals surface area (Å²) in [6.45, 7) is 13.0. The molecule has 0 saturated carbocycles. The second-order valence-corrected chi connectivity index (χ2v) is 5.92. The highest BCUT2D eigenvalue weighted by atomic mass is 79.9. The number of halogens is 1. The maximum atomic E-state index is 3.77. The number of unbranched alkanes of at least 4 members (excludes halogenated alkanes) is 1. The third-order valence-corrected chi connectivity index (χ3v) is 4.87. The van der Waals surface area contributed by atoms with Gasteiger partial charge in [0.05, 0.1) is 0 Å². The summed E-state index contributed by atoms with van der Waals surface area (Å²) in [6, 6.07) is 0. The molecule has 2 heteroatoms. The molecule has 0 saturated heterocycles. The van der Waals surface area contributed by atoms with Crippen LogP contribution in [0.1, 0.15) is 66.2 Å². The smallest absolute Gasteiger partial charge is 0.0100 e. The first-order chi connectivity index (χ1) is 8.17. The molecule has 0 fully saturated rings. The van der Waals surface area contributed by atoms with E-state index in [-0.39, 0.29) is 0 Å². The van der Waals surface area contributed by atoms with Crippen LogP contribution in [0.25, 0.3) is 0 Å². The summed E-state index contributed by atoms with van der Waals surface area (Å²) in [6.07, 6.45) is 7.96. The zero-order valence-corrected chi connectivity index (χ0v) is 14.0. The Balaban J connectivity index is 4.44. The molecule has 0 amide bonds. The van der Waals surface area contributed by atoms with Gasteiger partial charge in [0.25, 0.3) is 0 Å². The van der Waals surface area contributed by atoms with E-state index in [4.69, 9.17) is 0 Å². The predicted molar refractivity (Wildman–Crippen MR) is 83.1 cm³/mol. The lowest BCUT2D eigenvalue weighted by Gasteiger charge is -2.37. The van der Waals surface area contributed by atoms with Crippen LogP contribution in [0.3, 0.4) is 0 Å². The van der Waals surface area contributed by atoms with E-state index in [9.17, 15) is 0 Å². The van der Waals surface area contributed by atoms with Crippen LogP contribution in [0.2, 0.25) is 0 Å². The molecule has 0 aliphatic carbocycles. The number of rotatable bonds is 11. The van der Waals surface area contributed by atoms with Crippen LogP contribution < -0.4 is 0 Å². The molecule has 0 rings (SSSR count). The molecule has 0 spiro atoms. The van der Waals surface area contributed by atoms with Crippen LogP contribution >= 0.6 is 15.9 Å². The average Bonchev–Trinajstić information content (AvgIpc) is 2.34. The molecule has 0 aromatic heterocycles. The summed E-state index contributed by atoms with van der Waals surface area (Å²) < 4.78 is 0. The second-order valence-electron chi connectivity index (χ2n) is 5.36. The lowest BCUT2D eigenvalue weighted by Crippen LogP contribution is -2.39. The summed E-state index contributed by atoms with van der Waals surface area (Å²) in [7, 11) is 0. The highest BCUT2D eigenvalue weighted by Crippen LogP contribution is 2.33. The minimum absolute atomic E-state index is 0.507. The zero-order valence-electron chi connectivity index (χ0n) is 12.4. The molecule has 0 heterocycles. The molecule has 17 heavy (non-hydrogen) atoms. The van der Waals surface area contributed by atoms with Crippen molar-refractivity contribution in [2.75, 3.05) is 25.0 Å². The fraction of sp³-hybridized carbons (Fsp3) is 1.00. The Kier molecular flexibility index (Phi) is 10.6. The molecule has 1 nitrogen and oxygen atoms in total. The first-order valence-corrected chi connectivity index (χ1v) is 8.58. The normalized spacial score (nSPS) is 12.4. The van der Waals surface area contributed by atoms with Crippen LogP contribution in [-0.2, 0) is 0 Å². The van der Waals surface area contributed by atoms with Crippen molar-refractivity contribution in [1.29, 1.82) is 0 Å². The molecular formula is C15H32BrN. The molecule has 0 radical (unpaired) electrons. The highest BCUT2D eigenvalue weighted by Gasteiger charge is 2.28. The summed E-state index contributed by atoms with van der Waals surface area (Å²) in [5.41, 5.74) is 0.507. The Labute approximate surface area is 117 Å². The van der Waals surface area contributed by atoms with Gasteiger partial charge in [0, 0.05) is 11.9 Å². The van der Waals surface area contributed by atoms with E-state index in [2.05, 4.69) is 48.5 Å². The first-order valence-electron chi connectivity index (χ1n) is 7.46. The second kappa shape index (κ2) is 10.4. The standard InChI is InChI=1S/C15H32BrN/c1-5-9-12-17(8-4)14-15(13-16,10-6-2)11-7-3/h5-14H2,1-4H3. The van der Waals surface area contributed by atoms with Gasteiger partial charge in [-0.1, -0.05) is 62.9 Å². The Morgan fingerprint density at radius 1 is 0.941 bits per heavy atom. The highest BCUT2D eigenvalue weighted by molar-refractivity contribution is 9.09. The first kappa shape index (κ1) is 17.4. The van der Waals surface area contributed by atoms with Gasteiger partial charge in [0.1, 0.15) is 0 Å². The van der Waals surface area contributed by atoms with Crippen molar-refractivity contribution in [3.05, 3.63) is 0 Å². The third-order valence-electron chi connectivity index (χ3n) is 3.68. The Morgan fingerprint density at radius 3 is 1.88 bits per heavy atom. The van der Waals surface area contributed by atoms with Gasteiger partial charge in [0.15, 0.2) is 0 Å². The van der Waals surface area contributed by atoms with Crippen LogP contribution in [0.15, 0.2) is 0 Å². The predicted octanol–water partition coefficient (Wildman–Crippen LogP) is 5.09. The number of alkyl halides is 1. The van der Waals surface area contributed by atoms with Crippen molar-refractivity contribution in [2.45, 2.75) is 66.2 Å². The Bertz CT molecular complexity index is 164. The fourth-order valence-corrected chi connectivity index (χ4v) is 3.46. The van der Waals surface area contributed by atoms with E-state index < -0.39 is 0 Å². The molecule has 0 unspecified atom stereocenters. The van der Waals surface area contributed by atoms with E-state index in [1.165, 1.54) is 58.2 Å². The maximum absolute atomic E-state index is 3.77. The van der Waals surface area contributed by atoms with Crippen molar-refractivity contribution in [3.63, 3.8) is 0 Å². The summed E-state index contributed by atoms with van der Waals surface area (Å²) >= 11 is 3.77. The van der Waals surface area contributed by atoms with Crippen LogP contribution in [0.5, 0.6) is 0 Å². The van der Waals surface area contributed by atoms with Gasteiger partial charge in [-0.3, -0.25) is 0 Å². The lowest BCUT2D eigenvalue weighted by atomic mass is 9.80. The van der Waals surface area contributed by atoms with E-state index in [1.54, 1.807) is 0 Å². The number of hydrogen-bond acceptors (Lipinski definition) is 1. The van der Waals surface area contributed by atoms with E-state index in [1.807, 2.05) is 0 Å². The van der Waals surface area contributed by atoms with Gasteiger partial charge in [-0.05, 0) is 37.8 Å². The molecule has 0 atom stereocenters. The average molecular weight is 306 g/mol. The minimum Gasteiger partial charge on any atom is -0.303 e. The molecule has 0 aliphatic rings. The fourth-order valence-electron chi connectivity index (χ4n) is 2.72. The van der Waals surface area contributed by atoms with Crippen LogP contribution in [-0.4, -0.2) is 29.9 Å². The SMILES string of the molecule is CCCCN(CC)CC(CBr)(CCC)CCC. The maximum Gasteiger partial charge on any atom is 0.0100 e. The quantitative estimate of drug-likeness (QED) is 0.481. The Morgan fingerprint density at radius 2 is 1.53 bits per heavy atom. The van der Waals surface area contributed by atoms with Crippen molar-refractivity contribution >= 4 is 15.9 Å². The summed E-state index contributed by atoms with van der Waals surface area (Å²) in [5.74, 6) is 0. The number of hydrogen-bond donors (Lipinski definition) is 0. The van der Waals surface area contributed by atoms with Gasteiger partial charge < -0.3 is 4.90 Å². The zero-order chi connectivity index (χ0) is 13.1. The molecule has 0 aromatic rings. The van der Waals surface area contributed by atoms with Crippen molar-refractivity contribution in [3.8, 4) is 0 Å². The molecule has 0 bridgehead atoms. The van der Waals surface area contributed by atoms with Crippen molar-refractivity contribution in [1.82, 2.24) is 4.90 Å². The molecule has 0 N–H and O–H groups in total. The van der Waals surface area contributed by atoms with Gasteiger partial charge >= 0.3 is 0 Å². The van der Waals surface area contributed by atoms with E-state index in [0.29, 0.717) is 5.41 Å². The van der Waals surface area contributed by atoms with Crippen LogP contribution in [0.4, 0.5) is 0 Å². The van der Waals surface area contributed by atoms with Crippen molar-refractivity contribution < 1.29 is 0 Å². The third kappa shape index (κ3) is 6.81. The summed E-state index contributed by atoms with van der Waals surface area (Å²) in [4.78, 5) is 2.65. The molecule has 0 aliphatic heterocycles. The van der Waals surface area contributed by atoms with Gasteiger partial charge in [0.2, 0.25) is 0 Å². The van der Waals surface area contributed by atoms with Crippen molar-refractivity contribution in [2.24, 2.45) is 5.41 Å². The Hall–Kier alpha value is 0.440. The monoisotopic (exact) mass is 305 g/mol. The van der Waals surface area contributed by atoms with Gasteiger partial charge in [-0.2, -0.15) is 0 Å². The van der Waals surface area contributed by atoms with Crippen LogP contribution in [0, 0.1) is 5.41 Å². The molecular weight excluding hydrogens is 274 g/mol. The van der Waals surface area contributed by atoms with Gasteiger partial charge in [-0.15, -0.1) is 0 Å². The topological polar surface area (TPSA) is 3.24 Å². The minimum atomic E-state index is 0.507. The lowest BCUT2D eigenvalue weighted by molar-refractivity contribution is 0.150. The molecule has 0 aromatic carbocycles. The van der Waals surface area contributed by atoms with Gasteiger partial charge in [-0.25, -0.2) is 0 Å². The largest absolute Gasteiger partial charge is 0.303 e.